The summed E-state index contributed by atoms with van der Waals surface area (Å²) in [6, 6.07) is 0. The Balaban J connectivity index is 5.62. The van der Waals surface area contributed by atoms with Gasteiger partial charge in [-0.25, -0.2) is 4.79 Å². The molecule has 0 aliphatic heterocycles. The van der Waals surface area contributed by atoms with Crippen molar-refractivity contribution < 1.29 is 34.4 Å². The van der Waals surface area contributed by atoms with Gasteiger partial charge in [0.1, 0.15) is 5.41 Å². The largest absolute Gasteiger partial charge is 0.481 e. The quantitative estimate of drug-likeness (QED) is 0.593. The molecule has 0 radical (unpaired) electrons. The topological polar surface area (TPSA) is 121 Å². The van der Waals surface area contributed by atoms with Crippen LogP contribution in [-0.4, -0.2) is 45.9 Å². The van der Waals surface area contributed by atoms with E-state index in [1.165, 1.54) is 0 Å². The third kappa shape index (κ3) is 2.13. The lowest BCUT2D eigenvalue weighted by Gasteiger charge is -2.37. The van der Waals surface area contributed by atoms with Crippen LogP contribution in [0.4, 0.5) is 0 Å². The summed E-state index contributed by atoms with van der Waals surface area (Å²) in [5.74, 6) is -4.51. The van der Waals surface area contributed by atoms with E-state index in [9.17, 15) is 14.4 Å². The Morgan fingerprint density at radius 1 is 1.06 bits per heavy atom. The van der Waals surface area contributed by atoms with Crippen molar-refractivity contribution in [1.82, 2.24) is 0 Å². The smallest absolute Gasteiger partial charge is 0.337 e. The van der Waals surface area contributed by atoms with Crippen LogP contribution >= 0.6 is 0 Å². The van der Waals surface area contributed by atoms with E-state index in [1.54, 1.807) is 0 Å². The molecule has 1 atom stereocenters. The number of ether oxygens (including phenoxy) is 1. The molecule has 0 amide bonds. The van der Waals surface area contributed by atoms with Gasteiger partial charge in [-0.05, 0) is 13.8 Å². The van der Waals surface area contributed by atoms with Gasteiger partial charge in [-0.3, -0.25) is 9.59 Å². The highest BCUT2D eigenvalue weighted by Gasteiger charge is 2.58. The maximum absolute atomic E-state index is 11.1. The highest BCUT2D eigenvalue weighted by Crippen LogP contribution is 2.37. The molecule has 3 N–H and O–H groups in total. The number of carbonyl (C=O) groups is 3. The molecule has 0 bridgehead atoms. The summed E-state index contributed by atoms with van der Waals surface area (Å²) in [6.45, 7) is 2.21. The van der Waals surface area contributed by atoms with Gasteiger partial charge in [0.05, 0.1) is 6.42 Å². The van der Waals surface area contributed by atoms with Crippen LogP contribution < -0.4 is 0 Å². The minimum Gasteiger partial charge on any atom is -0.481 e. The molecule has 16 heavy (non-hydrogen) atoms. The van der Waals surface area contributed by atoms with Crippen molar-refractivity contribution >= 4 is 17.9 Å². The first-order chi connectivity index (χ1) is 7.11. The number of methoxy groups -OCH3 is 1. The van der Waals surface area contributed by atoms with Gasteiger partial charge >= 0.3 is 17.9 Å². The van der Waals surface area contributed by atoms with Gasteiger partial charge in [0.2, 0.25) is 0 Å². The molecule has 7 nitrogen and oxygen atoms in total. The van der Waals surface area contributed by atoms with E-state index in [4.69, 9.17) is 15.3 Å². The fourth-order valence-electron chi connectivity index (χ4n) is 1.36. The van der Waals surface area contributed by atoms with Crippen molar-refractivity contribution in [2.45, 2.75) is 25.9 Å². The molecule has 0 aromatic rings. The van der Waals surface area contributed by atoms with Crippen LogP contribution in [0.15, 0.2) is 0 Å². The van der Waals surface area contributed by atoms with Crippen LogP contribution in [-0.2, 0) is 19.1 Å². The Kier molecular flexibility index (Phi) is 4.02. The van der Waals surface area contributed by atoms with Gasteiger partial charge in [-0.1, -0.05) is 0 Å². The van der Waals surface area contributed by atoms with Crippen molar-refractivity contribution in [1.29, 1.82) is 0 Å². The van der Waals surface area contributed by atoms with E-state index in [0.717, 1.165) is 21.0 Å². The second-order valence-corrected chi connectivity index (χ2v) is 3.84. The fourth-order valence-corrected chi connectivity index (χ4v) is 1.36. The van der Waals surface area contributed by atoms with Gasteiger partial charge in [0.15, 0.2) is 5.60 Å². The molecule has 0 heterocycles. The third-order valence-corrected chi connectivity index (χ3v) is 2.64. The first-order valence-corrected chi connectivity index (χ1v) is 4.35. The summed E-state index contributed by atoms with van der Waals surface area (Å²) in [4.78, 5) is 32.7. The molecule has 0 spiro atoms. The van der Waals surface area contributed by atoms with E-state index in [2.05, 4.69) is 4.74 Å². The summed E-state index contributed by atoms with van der Waals surface area (Å²) in [5.41, 5.74) is -4.17. The van der Waals surface area contributed by atoms with Crippen LogP contribution in [0.5, 0.6) is 0 Å². The average molecular weight is 234 g/mol. The molecule has 0 rings (SSSR count). The second-order valence-electron chi connectivity index (χ2n) is 3.84. The SMILES string of the molecule is COC(CC(=O)O)(C(=O)O)C(C)(C)C(=O)O. The lowest BCUT2D eigenvalue weighted by molar-refractivity contribution is -0.195. The first-order valence-electron chi connectivity index (χ1n) is 4.35. The summed E-state index contributed by atoms with van der Waals surface area (Å²) in [5, 5.41) is 26.6. The summed E-state index contributed by atoms with van der Waals surface area (Å²) in [7, 11) is 0.974. The Bertz CT molecular complexity index is 320. The lowest BCUT2D eigenvalue weighted by atomic mass is 9.72. The number of hydrogen-bond donors (Lipinski definition) is 3. The van der Waals surface area contributed by atoms with Gasteiger partial charge < -0.3 is 20.1 Å². The molecule has 0 aromatic heterocycles. The molecule has 1 unspecified atom stereocenters. The normalized spacial score (nSPS) is 15.2. The zero-order chi connectivity index (χ0) is 13.1. The lowest BCUT2D eigenvalue weighted by Crippen LogP contribution is -2.57. The molecule has 0 aliphatic rings. The van der Waals surface area contributed by atoms with Gasteiger partial charge in [0.25, 0.3) is 0 Å². The zero-order valence-corrected chi connectivity index (χ0v) is 9.18. The molecule has 7 heteroatoms. The van der Waals surface area contributed by atoms with E-state index >= 15 is 0 Å². The molecule has 0 saturated heterocycles. The molecular formula is C9H14O7. The van der Waals surface area contributed by atoms with Crippen LogP contribution in [0.1, 0.15) is 20.3 Å². The predicted molar refractivity (Wildman–Crippen MR) is 51.0 cm³/mol. The van der Waals surface area contributed by atoms with Crippen LogP contribution in [0.3, 0.4) is 0 Å². The molecule has 0 aliphatic carbocycles. The summed E-state index contributed by atoms with van der Waals surface area (Å²) >= 11 is 0. The van der Waals surface area contributed by atoms with Crippen LogP contribution in [0.2, 0.25) is 0 Å². The minimum absolute atomic E-state index is 0.932. The monoisotopic (exact) mass is 234 g/mol. The molecule has 0 fully saturated rings. The minimum atomic E-state index is -2.30. The van der Waals surface area contributed by atoms with Gasteiger partial charge in [0, 0.05) is 7.11 Å². The Morgan fingerprint density at radius 2 is 1.50 bits per heavy atom. The van der Waals surface area contributed by atoms with Crippen molar-refractivity contribution in [2.75, 3.05) is 7.11 Å². The van der Waals surface area contributed by atoms with Crippen molar-refractivity contribution in [2.24, 2.45) is 5.41 Å². The molecular weight excluding hydrogens is 220 g/mol. The highest BCUT2D eigenvalue weighted by atomic mass is 16.5. The van der Waals surface area contributed by atoms with E-state index in [1.807, 2.05) is 0 Å². The van der Waals surface area contributed by atoms with E-state index < -0.39 is 35.3 Å². The van der Waals surface area contributed by atoms with Crippen molar-refractivity contribution in [3.63, 3.8) is 0 Å². The Hall–Kier alpha value is -1.63. The molecule has 0 aromatic carbocycles. The fraction of sp³-hybridized carbons (Fsp3) is 0.667. The highest BCUT2D eigenvalue weighted by molar-refractivity contribution is 5.91. The van der Waals surface area contributed by atoms with Gasteiger partial charge in [-0.15, -0.1) is 0 Å². The Labute approximate surface area is 91.6 Å². The number of carboxylic acids is 3. The maximum Gasteiger partial charge on any atom is 0.337 e. The van der Waals surface area contributed by atoms with Crippen molar-refractivity contribution in [3.05, 3.63) is 0 Å². The first kappa shape index (κ1) is 14.4. The third-order valence-electron chi connectivity index (χ3n) is 2.64. The van der Waals surface area contributed by atoms with Gasteiger partial charge in [-0.2, -0.15) is 0 Å². The molecule has 92 valence electrons. The van der Waals surface area contributed by atoms with Crippen molar-refractivity contribution in [3.8, 4) is 0 Å². The number of carboxylic acid groups (broad SMARTS) is 3. The van der Waals surface area contributed by atoms with Crippen LogP contribution in [0.25, 0.3) is 0 Å². The second kappa shape index (κ2) is 4.48. The number of rotatable bonds is 6. The number of aliphatic carboxylic acids is 3. The van der Waals surface area contributed by atoms with E-state index in [-0.39, 0.29) is 0 Å². The Morgan fingerprint density at radius 3 is 1.69 bits per heavy atom. The number of hydrogen-bond acceptors (Lipinski definition) is 4. The maximum atomic E-state index is 11.1. The van der Waals surface area contributed by atoms with Crippen LogP contribution in [0, 0.1) is 5.41 Å². The standard InChI is InChI=1S/C9H14O7/c1-8(2,6(12)13)9(16-3,7(14)15)4-5(10)11/h4H2,1-3H3,(H,10,11)(H,12,13)(H,14,15). The molecule has 0 saturated carbocycles. The summed E-state index contributed by atoms with van der Waals surface area (Å²) in [6.07, 6.45) is -0.932. The zero-order valence-electron chi connectivity index (χ0n) is 9.18. The predicted octanol–water partition coefficient (Wildman–Crippen LogP) is 0.0417. The summed E-state index contributed by atoms with van der Waals surface area (Å²) < 4.78 is 4.68. The average Bonchev–Trinajstić information content (AvgIpc) is 2.12. The van der Waals surface area contributed by atoms with E-state index in [0.29, 0.717) is 0 Å².